The van der Waals surface area contributed by atoms with Crippen LogP contribution in [0.3, 0.4) is 0 Å². The van der Waals surface area contributed by atoms with E-state index < -0.39 is 23.1 Å². The van der Waals surface area contributed by atoms with E-state index in [0.717, 1.165) is 11.1 Å². The molecule has 2 heterocycles. The van der Waals surface area contributed by atoms with Crippen LogP contribution in [0.5, 0.6) is 0 Å². The minimum atomic E-state index is -4.17. The minimum absolute atomic E-state index is 0.0447. The Morgan fingerprint density at radius 2 is 1.76 bits per heavy atom. The molecule has 12 heteroatoms. The van der Waals surface area contributed by atoms with E-state index in [1.165, 1.54) is 0 Å². The van der Waals surface area contributed by atoms with Gasteiger partial charge in [0.05, 0.1) is 54.1 Å². The number of fused-ring (bicyclic) bond motifs is 1. The summed E-state index contributed by atoms with van der Waals surface area (Å²) in [6, 6.07) is 9.11. The average Bonchev–Trinajstić information content (AvgIpc) is 3.11. The number of imidazole rings is 1. The van der Waals surface area contributed by atoms with Gasteiger partial charge in [0.25, 0.3) is 0 Å². The third-order valence-corrected chi connectivity index (χ3v) is 8.64. The maximum atomic E-state index is 13.1. The summed E-state index contributed by atoms with van der Waals surface area (Å²) in [5.41, 5.74) is 3.67. The summed E-state index contributed by atoms with van der Waals surface area (Å²) < 4.78 is 56.1. The first kappa shape index (κ1) is 28.0. The van der Waals surface area contributed by atoms with Crippen LogP contribution in [-0.4, -0.2) is 37.8 Å². The Labute approximate surface area is 227 Å². The second kappa shape index (κ2) is 10.6. The number of hydrogen-bond donors (Lipinski definition) is 2. The van der Waals surface area contributed by atoms with Gasteiger partial charge >= 0.3 is 6.18 Å². The van der Waals surface area contributed by atoms with Gasteiger partial charge in [-0.3, -0.25) is 0 Å². The summed E-state index contributed by atoms with van der Waals surface area (Å²) in [6.45, 7) is 6.68. The smallest absolute Gasteiger partial charge is 0.370 e. The third-order valence-electron chi connectivity index (χ3n) is 6.49. The van der Waals surface area contributed by atoms with Crippen LogP contribution in [0.4, 0.5) is 30.5 Å². The Balaban J connectivity index is 1.54. The molecule has 3 aromatic rings. The third kappa shape index (κ3) is 6.35. The van der Waals surface area contributed by atoms with Crippen molar-refractivity contribution in [2.75, 3.05) is 23.3 Å². The number of nitrogens with one attached hydrogen (secondary N) is 2. The molecule has 0 unspecified atom stereocenters. The van der Waals surface area contributed by atoms with E-state index in [1.807, 2.05) is 55.5 Å². The van der Waals surface area contributed by atoms with Gasteiger partial charge in [0, 0.05) is 26.7 Å². The molecule has 0 saturated carbocycles. The number of benzene rings is 2. The van der Waals surface area contributed by atoms with Crippen LogP contribution in [0, 0.1) is 5.92 Å². The highest BCUT2D eigenvalue weighted by molar-refractivity contribution is 7.84. The molecule has 0 radical (unpaired) electrons. The van der Waals surface area contributed by atoms with Gasteiger partial charge in [-0.2, -0.15) is 13.2 Å². The summed E-state index contributed by atoms with van der Waals surface area (Å²) in [5, 5.41) is 4.21. The maximum absolute atomic E-state index is 13.1. The van der Waals surface area contributed by atoms with Gasteiger partial charge in [-0.15, -0.1) is 0 Å². The van der Waals surface area contributed by atoms with Crippen molar-refractivity contribution in [3.63, 3.8) is 0 Å². The molecular weight excluding hydrogens is 546 g/mol. The number of nitrogens with zero attached hydrogens (tertiary/aromatic N) is 3. The molecule has 1 aromatic heterocycles. The zero-order valence-corrected chi connectivity index (χ0v) is 23.4. The summed E-state index contributed by atoms with van der Waals surface area (Å²) in [5.74, 6) is -0.743. The van der Waals surface area contributed by atoms with Crippen LogP contribution in [-0.2, 0) is 24.6 Å². The molecule has 0 amide bonds. The standard InChI is InChI=1S/C25H30Cl2F3N5OS/c1-24(2,3)37(36)31-14-15-5-6-17(26)19(11-15)32-23-33-20-12-18(27)21(13-22(20)34(23)4)35-9-7-16(8-10-35)25(28,29)30/h5-6,11-13,16,31H,7-10,14H2,1-4H3,(H,32,33)/t37-/m0/s1. The highest BCUT2D eigenvalue weighted by atomic mass is 35.5. The lowest BCUT2D eigenvalue weighted by Crippen LogP contribution is -2.39. The monoisotopic (exact) mass is 575 g/mol. The molecule has 37 heavy (non-hydrogen) atoms. The fourth-order valence-electron chi connectivity index (χ4n) is 4.27. The molecular formula is C25H30Cl2F3N5OS. The van der Waals surface area contributed by atoms with Crippen molar-refractivity contribution >= 4 is 62.5 Å². The Bertz CT molecular complexity index is 1310. The molecule has 0 aliphatic carbocycles. The molecule has 202 valence electrons. The number of alkyl halides is 3. The van der Waals surface area contributed by atoms with Crippen LogP contribution < -0.4 is 14.9 Å². The average molecular weight is 577 g/mol. The van der Waals surface area contributed by atoms with Crippen LogP contribution >= 0.6 is 23.2 Å². The van der Waals surface area contributed by atoms with E-state index in [2.05, 4.69) is 15.0 Å². The van der Waals surface area contributed by atoms with Gasteiger partial charge in [0.15, 0.2) is 0 Å². The van der Waals surface area contributed by atoms with Crippen LogP contribution in [0.2, 0.25) is 10.0 Å². The van der Waals surface area contributed by atoms with E-state index in [0.29, 0.717) is 39.4 Å². The normalized spacial score (nSPS) is 16.4. The van der Waals surface area contributed by atoms with Crippen LogP contribution in [0.1, 0.15) is 39.2 Å². The first-order chi connectivity index (χ1) is 17.2. The second-order valence-electron chi connectivity index (χ2n) is 10.2. The Hall–Kier alpha value is -2.01. The highest BCUT2D eigenvalue weighted by Gasteiger charge is 2.41. The predicted octanol–water partition coefficient (Wildman–Crippen LogP) is 6.95. The molecule has 1 atom stereocenters. The van der Waals surface area contributed by atoms with Gasteiger partial charge < -0.3 is 14.8 Å². The van der Waals surface area contributed by atoms with Gasteiger partial charge in [-0.1, -0.05) is 29.3 Å². The van der Waals surface area contributed by atoms with Crippen molar-refractivity contribution in [3.05, 3.63) is 45.9 Å². The van der Waals surface area contributed by atoms with Gasteiger partial charge in [0.2, 0.25) is 5.95 Å². The lowest BCUT2D eigenvalue weighted by molar-refractivity contribution is -0.179. The van der Waals surface area contributed by atoms with Gasteiger partial charge in [-0.05, 0) is 63.4 Å². The summed E-state index contributed by atoms with van der Waals surface area (Å²) in [6.07, 6.45) is -4.08. The van der Waals surface area contributed by atoms with E-state index in [4.69, 9.17) is 23.2 Å². The predicted molar refractivity (Wildman–Crippen MR) is 146 cm³/mol. The molecule has 4 rings (SSSR count). The second-order valence-corrected chi connectivity index (χ2v) is 13.1. The van der Waals surface area contributed by atoms with Crippen LogP contribution in [0.25, 0.3) is 11.0 Å². The fourth-order valence-corrected chi connectivity index (χ4v) is 5.44. The molecule has 1 aliphatic heterocycles. The summed E-state index contributed by atoms with van der Waals surface area (Å²) >= 11 is 13.0. The zero-order valence-electron chi connectivity index (χ0n) is 21.0. The number of halogens is 5. The van der Waals surface area contributed by atoms with Crippen LogP contribution in [0.15, 0.2) is 30.3 Å². The molecule has 1 saturated heterocycles. The summed E-state index contributed by atoms with van der Waals surface area (Å²) in [4.78, 5) is 6.56. The van der Waals surface area contributed by atoms with Gasteiger partial charge in [0.1, 0.15) is 0 Å². The summed E-state index contributed by atoms with van der Waals surface area (Å²) in [7, 11) is 0.637. The van der Waals surface area contributed by atoms with E-state index >= 15 is 0 Å². The molecule has 1 aliphatic rings. The Morgan fingerprint density at radius 3 is 2.38 bits per heavy atom. The van der Waals surface area contributed by atoms with Crippen molar-refractivity contribution < 1.29 is 17.4 Å². The first-order valence-corrected chi connectivity index (χ1v) is 13.8. The number of piperidine rings is 1. The van der Waals surface area contributed by atoms with Crippen molar-refractivity contribution in [2.45, 2.75) is 51.1 Å². The molecule has 1 fully saturated rings. The van der Waals surface area contributed by atoms with E-state index in [-0.39, 0.29) is 30.7 Å². The number of aryl methyl sites for hydroxylation is 1. The zero-order chi connectivity index (χ0) is 27.1. The van der Waals surface area contributed by atoms with Crippen molar-refractivity contribution in [2.24, 2.45) is 13.0 Å². The number of hydrogen-bond acceptors (Lipinski definition) is 4. The topological polar surface area (TPSA) is 62.2 Å². The highest BCUT2D eigenvalue weighted by Crippen LogP contribution is 2.39. The molecule has 2 N–H and O–H groups in total. The molecule has 0 spiro atoms. The Kier molecular flexibility index (Phi) is 8.05. The van der Waals surface area contributed by atoms with Gasteiger partial charge in [-0.25, -0.2) is 13.9 Å². The SMILES string of the molecule is Cn1c(Nc2cc(CN[S@@](=O)C(C)(C)C)ccc2Cl)nc2cc(Cl)c(N3CCC(C(F)(F)F)CC3)cc21. The Morgan fingerprint density at radius 1 is 1.08 bits per heavy atom. The van der Waals surface area contributed by atoms with Crippen molar-refractivity contribution in [3.8, 4) is 0 Å². The minimum Gasteiger partial charge on any atom is -0.370 e. The van der Waals surface area contributed by atoms with Crippen molar-refractivity contribution in [1.82, 2.24) is 14.3 Å². The molecule has 6 nitrogen and oxygen atoms in total. The number of anilines is 3. The first-order valence-electron chi connectivity index (χ1n) is 11.9. The van der Waals surface area contributed by atoms with E-state index in [9.17, 15) is 17.4 Å². The van der Waals surface area contributed by atoms with E-state index in [1.54, 1.807) is 12.1 Å². The van der Waals surface area contributed by atoms with Crippen molar-refractivity contribution in [1.29, 1.82) is 0 Å². The largest absolute Gasteiger partial charge is 0.391 e. The lowest BCUT2D eigenvalue weighted by Gasteiger charge is -2.34. The maximum Gasteiger partial charge on any atom is 0.391 e. The molecule has 0 bridgehead atoms. The quantitative estimate of drug-likeness (QED) is 0.333. The number of rotatable bonds is 6. The number of aromatic nitrogens is 2. The lowest BCUT2D eigenvalue weighted by atomic mass is 9.96. The fraction of sp³-hybridized carbons (Fsp3) is 0.480. The molecule has 2 aromatic carbocycles.